The normalized spacial score (nSPS) is 17.5. The minimum atomic E-state index is -0.0562. The fourth-order valence-electron chi connectivity index (χ4n) is 1.67. The lowest BCUT2D eigenvalue weighted by Crippen LogP contribution is -2.33. The van der Waals surface area contributed by atoms with Crippen LogP contribution < -0.4 is 5.32 Å². The molecule has 5 nitrogen and oxygen atoms in total. The Morgan fingerprint density at radius 2 is 2.40 bits per heavy atom. The third kappa shape index (κ3) is 2.36. The van der Waals surface area contributed by atoms with Crippen LogP contribution in [0.25, 0.3) is 0 Å². The van der Waals surface area contributed by atoms with Gasteiger partial charge in [-0.25, -0.2) is 0 Å². The van der Waals surface area contributed by atoms with Gasteiger partial charge in [-0.05, 0) is 19.9 Å². The number of carbonyl (C=O) groups excluding carboxylic acids is 1. The molecule has 1 aliphatic heterocycles. The standard InChI is InChI=1S/C10H15N3O2/c1-8-7-9(15-12-8)10(14)13-5-2-3-11-4-6-13/h7,11H,2-6H2,1H3. The maximum absolute atomic E-state index is 11.9. The molecule has 1 aromatic rings. The zero-order valence-corrected chi connectivity index (χ0v) is 8.82. The highest BCUT2D eigenvalue weighted by molar-refractivity contribution is 5.91. The van der Waals surface area contributed by atoms with Crippen molar-refractivity contribution in [3.63, 3.8) is 0 Å². The fourth-order valence-corrected chi connectivity index (χ4v) is 1.67. The lowest BCUT2D eigenvalue weighted by atomic mass is 10.3. The van der Waals surface area contributed by atoms with Crippen molar-refractivity contribution in [1.82, 2.24) is 15.4 Å². The Hall–Kier alpha value is -1.36. The van der Waals surface area contributed by atoms with Crippen molar-refractivity contribution < 1.29 is 9.32 Å². The molecule has 0 aromatic carbocycles. The molecule has 0 aliphatic carbocycles. The van der Waals surface area contributed by atoms with Crippen LogP contribution in [-0.4, -0.2) is 42.1 Å². The van der Waals surface area contributed by atoms with E-state index in [9.17, 15) is 4.79 Å². The molecule has 0 atom stereocenters. The van der Waals surface area contributed by atoms with Crippen LogP contribution in [0.5, 0.6) is 0 Å². The summed E-state index contributed by atoms with van der Waals surface area (Å²) in [6.45, 7) is 5.15. The number of amides is 1. The summed E-state index contributed by atoms with van der Waals surface area (Å²) in [7, 11) is 0. The molecular weight excluding hydrogens is 194 g/mol. The Morgan fingerprint density at radius 1 is 1.53 bits per heavy atom. The van der Waals surface area contributed by atoms with E-state index in [1.807, 2.05) is 6.92 Å². The van der Waals surface area contributed by atoms with E-state index in [-0.39, 0.29) is 5.91 Å². The second-order valence-corrected chi connectivity index (χ2v) is 3.73. The van der Waals surface area contributed by atoms with Gasteiger partial charge >= 0.3 is 0 Å². The average molecular weight is 209 g/mol. The van der Waals surface area contributed by atoms with Gasteiger partial charge in [-0.2, -0.15) is 0 Å². The van der Waals surface area contributed by atoms with Gasteiger partial charge in [0.2, 0.25) is 5.76 Å². The predicted molar refractivity (Wildman–Crippen MR) is 54.6 cm³/mol. The molecule has 2 rings (SSSR count). The van der Waals surface area contributed by atoms with E-state index in [1.165, 1.54) is 0 Å². The number of aryl methyl sites for hydroxylation is 1. The molecule has 0 unspecified atom stereocenters. The first kappa shape index (κ1) is 10.2. The van der Waals surface area contributed by atoms with Crippen LogP contribution in [0.4, 0.5) is 0 Å². The van der Waals surface area contributed by atoms with E-state index in [0.717, 1.165) is 38.3 Å². The Bertz CT molecular complexity index is 340. The summed E-state index contributed by atoms with van der Waals surface area (Å²) in [6, 6.07) is 1.68. The molecule has 1 N–H and O–H groups in total. The molecule has 0 radical (unpaired) electrons. The van der Waals surface area contributed by atoms with Crippen LogP contribution in [0.3, 0.4) is 0 Å². The number of aromatic nitrogens is 1. The van der Waals surface area contributed by atoms with Crippen molar-refractivity contribution in [3.05, 3.63) is 17.5 Å². The van der Waals surface area contributed by atoms with Crippen LogP contribution in [0.1, 0.15) is 22.7 Å². The average Bonchev–Trinajstić information content (AvgIpc) is 2.53. The monoisotopic (exact) mass is 209 g/mol. The largest absolute Gasteiger partial charge is 0.351 e. The molecule has 0 spiro atoms. The first-order valence-corrected chi connectivity index (χ1v) is 5.20. The van der Waals surface area contributed by atoms with Crippen molar-refractivity contribution in [2.24, 2.45) is 0 Å². The zero-order valence-electron chi connectivity index (χ0n) is 8.82. The molecular formula is C10H15N3O2. The second-order valence-electron chi connectivity index (χ2n) is 3.73. The highest BCUT2D eigenvalue weighted by Gasteiger charge is 2.20. The van der Waals surface area contributed by atoms with Crippen LogP contribution in [0.15, 0.2) is 10.6 Å². The van der Waals surface area contributed by atoms with Crippen LogP contribution in [0, 0.1) is 6.92 Å². The summed E-state index contributed by atoms with van der Waals surface area (Å²) < 4.78 is 4.96. The van der Waals surface area contributed by atoms with Gasteiger partial charge in [0.05, 0.1) is 5.69 Å². The third-order valence-electron chi connectivity index (χ3n) is 2.47. The molecule has 1 amide bonds. The number of hydrogen-bond acceptors (Lipinski definition) is 4. The van der Waals surface area contributed by atoms with Gasteiger partial charge in [0.25, 0.3) is 5.91 Å². The number of rotatable bonds is 1. The van der Waals surface area contributed by atoms with Crippen molar-refractivity contribution in [3.8, 4) is 0 Å². The van der Waals surface area contributed by atoms with E-state index < -0.39 is 0 Å². The van der Waals surface area contributed by atoms with Crippen molar-refractivity contribution in [2.45, 2.75) is 13.3 Å². The highest BCUT2D eigenvalue weighted by Crippen LogP contribution is 2.07. The molecule has 2 heterocycles. The van der Waals surface area contributed by atoms with E-state index in [0.29, 0.717) is 5.76 Å². The van der Waals surface area contributed by atoms with Crippen molar-refractivity contribution >= 4 is 5.91 Å². The SMILES string of the molecule is Cc1cc(C(=O)N2CCCNCC2)on1. The summed E-state index contributed by atoms with van der Waals surface area (Å²) in [4.78, 5) is 13.7. The molecule has 1 aromatic heterocycles. The quantitative estimate of drug-likeness (QED) is 0.728. The topological polar surface area (TPSA) is 58.4 Å². The summed E-state index contributed by atoms with van der Waals surface area (Å²) >= 11 is 0. The Morgan fingerprint density at radius 3 is 3.13 bits per heavy atom. The zero-order chi connectivity index (χ0) is 10.7. The number of hydrogen-bond donors (Lipinski definition) is 1. The molecule has 0 bridgehead atoms. The van der Waals surface area contributed by atoms with Crippen LogP contribution >= 0.6 is 0 Å². The minimum Gasteiger partial charge on any atom is -0.351 e. The number of nitrogens with zero attached hydrogens (tertiary/aromatic N) is 2. The van der Waals surface area contributed by atoms with E-state index in [4.69, 9.17) is 4.52 Å². The van der Waals surface area contributed by atoms with Gasteiger partial charge in [0, 0.05) is 25.7 Å². The Balaban J connectivity index is 2.06. The third-order valence-corrected chi connectivity index (χ3v) is 2.47. The van der Waals surface area contributed by atoms with E-state index >= 15 is 0 Å². The number of carbonyl (C=O) groups is 1. The molecule has 1 saturated heterocycles. The summed E-state index contributed by atoms with van der Waals surface area (Å²) in [5.74, 6) is 0.286. The summed E-state index contributed by atoms with van der Waals surface area (Å²) in [5.41, 5.74) is 0.742. The molecule has 1 aliphatic rings. The minimum absolute atomic E-state index is 0.0562. The molecule has 5 heteroatoms. The van der Waals surface area contributed by atoms with Crippen LogP contribution in [-0.2, 0) is 0 Å². The first-order valence-electron chi connectivity index (χ1n) is 5.20. The van der Waals surface area contributed by atoms with Gasteiger partial charge in [-0.1, -0.05) is 5.16 Å². The molecule has 1 fully saturated rings. The van der Waals surface area contributed by atoms with Crippen LogP contribution in [0.2, 0.25) is 0 Å². The van der Waals surface area contributed by atoms with Gasteiger partial charge in [-0.3, -0.25) is 4.79 Å². The highest BCUT2D eigenvalue weighted by atomic mass is 16.5. The lowest BCUT2D eigenvalue weighted by Gasteiger charge is -2.17. The Labute approximate surface area is 88.4 Å². The van der Waals surface area contributed by atoms with Gasteiger partial charge in [0.1, 0.15) is 0 Å². The lowest BCUT2D eigenvalue weighted by molar-refractivity contribution is 0.0724. The maximum atomic E-state index is 11.9. The predicted octanol–water partition coefficient (Wildman–Crippen LogP) is 0.419. The van der Waals surface area contributed by atoms with Gasteiger partial charge in [0.15, 0.2) is 0 Å². The molecule has 0 saturated carbocycles. The molecule has 15 heavy (non-hydrogen) atoms. The van der Waals surface area contributed by atoms with Gasteiger partial charge in [-0.15, -0.1) is 0 Å². The summed E-state index contributed by atoms with van der Waals surface area (Å²) in [5, 5.41) is 6.97. The number of nitrogens with one attached hydrogen (secondary N) is 1. The molecule has 82 valence electrons. The van der Waals surface area contributed by atoms with Crippen molar-refractivity contribution in [1.29, 1.82) is 0 Å². The fraction of sp³-hybridized carbons (Fsp3) is 0.600. The smallest absolute Gasteiger partial charge is 0.292 e. The van der Waals surface area contributed by atoms with Gasteiger partial charge < -0.3 is 14.7 Å². The van der Waals surface area contributed by atoms with Crippen molar-refractivity contribution in [2.75, 3.05) is 26.2 Å². The second kappa shape index (κ2) is 4.44. The Kier molecular flexibility index (Phi) is 3.01. The van der Waals surface area contributed by atoms with E-state index in [1.54, 1.807) is 11.0 Å². The summed E-state index contributed by atoms with van der Waals surface area (Å²) in [6.07, 6.45) is 0.985. The maximum Gasteiger partial charge on any atom is 0.292 e. The van der Waals surface area contributed by atoms with E-state index in [2.05, 4.69) is 10.5 Å². The first-order chi connectivity index (χ1) is 7.27.